The smallest absolute Gasteiger partial charge is 0.195 e. The van der Waals surface area contributed by atoms with Crippen molar-refractivity contribution < 1.29 is 14.6 Å². The van der Waals surface area contributed by atoms with Gasteiger partial charge in [0.25, 0.3) is 0 Å². The number of hydrogen-bond donors (Lipinski definition) is 3. The molecule has 28 heavy (non-hydrogen) atoms. The molecule has 0 spiro atoms. The molecular formula is C23H30N2O3. The van der Waals surface area contributed by atoms with Gasteiger partial charge in [0, 0.05) is 18.0 Å². The Balaban J connectivity index is 1.45. The van der Waals surface area contributed by atoms with Crippen molar-refractivity contribution in [1.29, 1.82) is 0 Å². The van der Waals surface area contributed by atoms with Crippen LogP contribution in [0.4, 0.5) is 0 Å². The van der Waals surface area contributed by atoms with Crippen LogP contribution in [0.15, 0.2) is 66.1 Å². The maximum Gasteiger partial charge on any atom is 0.195 e. The van der Waals surface area contributed by atoms with Crippen molar-refractivity contribution >= 4 is 0 Å². The lowest BCUT2D eigenvalue weighted by Gasteiger charge is -2.15. The van der Waals surface area contributed by atoms with Crippen molar-refractivity contribution in [2.75, 3.05) is 19.8 Å². The van der Waals surface area contributed by atoms with Gasteiger partial charge in [-0.1, -0.05) is 49.4 Å². The second-order valence-corrected chi connectivity index (χ2v) is 6.97. The molecule has 2 atom stereocenters. The summed E-state index contributed by atoms with van der Waals surface area (Å²) in [6.45, 7) is 5.61. The zero-order valence-electron chi connectivity index (χ0n) is 16.7. The van der Waals surface area contributed by atoms with Gasteiger partial charge in [-0.05, 0) is 37.6 Å². The highest BCUT2D eigenvalue weighted by molar-refractivity contribution is 5.28. The molecule has 0 fully saturated rings. The van der Waals surface area contributed by atoms with Crippen molar-refractivity contribution in [3.63, 3.8) is 0 Å². The fourth-order valence-corrected chi connectivity index (χ4v) is 3.33. The van der Waals surface area contributed by atoms with Crippen LogP contribution in [0.3, 0.4) is 0 Å². The Morgan fingerprint density at radius 2 is 1.89 bits per heavy atom. The number of nitrogens with one attached hydrogen (secondary N) is 2. The zero-order chi connectivity index (χ0) is 19.8. The Hall–Kier alpha value is -2.50. The van der Waals surface area contributed by atoms with E-state index in [4.69, 9.17) is 9.47 Å². The van der Waals surface area contributed by atoms with Gasteiger partial charge in [0.1, 0.15) is 11.5 Å². The van der Waals surface area contributed by atoms with Crippen molar-refractivity contribution in [2.24, 2.45) is 0 Å². The van der Waals surface area contributed by atoms with Gasteiger partial charge in [0.15, 0.2) is 6.23 Å². The Morgan fingerprint density at radius 3 is 2.57 bits per heavy atom. The Labute approximate surface area is 167 Å². The first kappa shape index (κ1) is 20.2. The Kier molecular flexibility index (Phi) is 7.34. The van der Waals surface area contributed by atoms with Crippen molar-refractivity contribution in [1.82, 2.24) is 10.6 Å². The van der Waals surface area contributed by atoms with Gasteiger partial charge in [-0.2, -0.15) is 0 Å². The fraction of sp³-hybridized carbons (Fsp3) is 0.391. The molecule has 0 amide bonds. The summed E-state index contributed by atoms with van der Waals surface area (Å²) in [6, 6.07) is 18.3. The van der Waals surface area contributed by atoms with Crippen molar-refractivity contribution in [2.45, 2.75) is 39.0 Å². The van der Waals surface area contributed by atoms with E-state index >= 15 is 0 Å². The molecule has 0 aromatic heterocycles. The van der Waals surface area contributed by atoms with E-state index in [1.165, 1.54) is 5.56 Å². The maximum absolute atomic E-state index is 9.40. The zero-order valence-corrected chi connectivity index (χ0v) is 16.7. The predicted octanol–water partition coefficient (Wildman–Crippen LogP) is 3.52. The van der Waals surface area contributed by atoms with E-state index < -0.39 is 0 Å². The maximum atomic E-state index is 9.40. The van der Waals surface area contributed by atoms with Crippen LogP contribution in [-0.2, 0) is 11.2 Å². The highest BCUT2D eigenvalue weighted by Crippen LogP contribution is 2.28. The van der Waals surface area contributed by atoms with E-state index in [1.807, 2.05) is 44.2 Å². The summed E-state index contributed by atoms with van der Waals surface area (Å²) in [7, 11) is 0. The number of hydrogen-bond acceptors (Lipinski definition) is 5. The second kappa shape index (κ2) is 10.2. The minimum atomic E-state index is -0.119. The third-order valence-corrected chi connectivity index (χ3v) is 4.87. The first-order chi connectivity index (χ1) is 13.7. The average Bonchev–Trinajstić information content (AvgIpc) is 3.10. The quantitative estimate of drug-likeness (QED) is 0.587. The molecule has 0 saturated carbocycles. The van der Waals surface area contributed by atoms with E-state index in [0.29, 0.717) is 6.61 Å². The summed E-state index contributed by atoms with van der Waals surface area (Å²) >= 11 is 0. The van der Waals surface area contributed by atoms with E-state index in [2.05, 4.69) is 34.9 Å². The molecule has 1 heterocycles. The number of benzene rings is 2. The molecule has 150 valence electrons. The second-order valence-electron chi connectivity index (χ2n) is 6.97. The highest BCUT2D eigenvalue weighted by atomic mass is 16.5. The lowest BCUT2D eigenvalue weighted by molar-refractivity contribution is 0.130. The molecule has 2 aromatic carbocycles. The van der Waals surface area contributed by atoms with Crippen molar-refractivity contribution in [3.8, 4) is 5.75 Å². The van der Waals surface area contributed by atoms with Crippen LogP contribution < -0.4 is 15.4 Å². The summed E-state index contributed by atoms with van der Waals surface area (Å²) in [5.74, 6) is 1.77. The van der Waals surface area contributed by atoms with Gasteiger partial charge in [0.05, 0.1) is 18.9 Å². The number of allylic oxidation sites excluding steroid dienone is 1. The van der Waals surface area contributed by atoms with E-state index in [1.54, 1.807) is 0 Å². The summed E-state index contributed by atoms with van der Waals surface area (Å²) in [5.41, 5.74) is 3.39. The third kappa shape index (κ3) is 5.50. The van der Waals surface area contributed by atoms with Crippen LogP contribution >= 0.6 is 0 Å². The molecule has 0 aliphatic carbocycles. The summed E-state index contributed by atoms with van der Waals surface area (Å²) in [6.07, 6.45) is 1.45. The molecule has 1 aliphatic heterocycles. The van der Waals surface area contributed by atoms with E-state index in [0.717, 1.165) is 42.2 Å². The molecule has 3 rings (SSSR count). The van der Waals surface area contributed by atoms with E-state index in [9.17, 15) is 5.11 Å². The topological polar surface area (TPSA) is 62.8 Å². The van der Waals surface area contributed by atoms with Crippen LogP contribution in [0.2, 0.25) is 0 Å². The van der Waals surface area contributed by atoms with Gasteiger partial charge in [0.2, 0.25) is 0 Å². The number of aliphatic hydroxyl groups excluding tert-OH is 1. The Morgan fingerprint density at radius 1 is 1.14 bits per heavy atom. The predicted molar refractivity (Wildman–Crippen MR) is 111 cm³/mol. The van der Waals surface area contributed by atoms with Gasteiger partial charge in [-0.3, -0.25) is 0 Å². The molecule has 3 N–H and O–H groups in total. The average molecular weight is 383 g/mol. The molecule has 5 nitrogen and oxygen atoms in total. The number of ether oxygens (including phenoxy) is 2. The van der Waals surface area contributed by atoms with Crippen LogP contribution in [0.5, 0.6) is 5.75 Å². The van der Waals surface area contributed by atoms with Crippen LogP contribution in [0, 0.1) is 0 Å². The van der Waals surface area contributed by atoms with E-state index in [-0.39, 0.29) is 18.9 Å². The summed E-state index contributed by atoms with van der Waals surface area (Å²) in [5, 5.41) is 16.1. The van der Waals surface area contributed by atoms with Gasteiger partial charge < -0.3 is 25.2 Å². The monoisotopic (exact) mass is 382 g/mol. The molecule has 0 saturated heterocycles. The molecular weight excluding hydrogens is 352 g/mol. The lowest BCUT2D eigenvalue weighted by Crippen LogP contribution is -2.34. The molecule has 1 unspecified atom stereocenters. The minimum absolute atomic E-state index is 0.0951. The highest BCUT2D eigenvalue weighted by Gasteiger charge is 2.23. The molecule has 0 radical (unpaired) electrons. The van der Waals surface area contributed by atoms with Gasteiger partial charge in [-0.25, -0.2) is 0 Å². The third-order valence-electron chi connectivity index (χ3n) is 4.87. The minimum Gasteiger partial charge on any atom is -0.493 e. The lowest BCUT2D eigenvalue weighted by atomic mass is 10.1. The van der Waals surface area contributed by atoms with Gasteiger partial charge >= 0.3 is 0 Å². The normalized spacial score (nSPS) is 17.2. The molecule has 2 aromatic rings. The summed E-state index contributed by atoms with van der Waals surface area (Å²) < 4.78 is 11.8. The first-order valence-corrected chi connectivity index (χ1v) is 9.93. The standard InChI is InChI=1S/C23H30N2O3/c1-3-24-20(16-26)15-18-9-11-21(12-10-18)27-14-13-22-17(2)28-23(25-22)19-7-5-4-6-8-19/h4-12,20,23-26H,3,13-16H2,1-2H3/t20-,23?/m0/s1. The van der Waals surface area contributed by atoms with Gasteiger partial charge in [-0.15, -0.1) is 0 Å². The van der Waals surface area contributed by atoms with Crippen LogP contribution in [0.1, 0.15) is 37.6 Å². The van der Waals surface area contributed by atoms with Crippen LogP contribution in [-0.4, -0.2) is 30.9 Å². The number of aliphatic hydroxyl groups is 1. The molecule has 0 bridgehead atoms. The molecule has 1 aliphatic rings. The Bertz CT molecular complexity index is 759. The number of rotatable bonds is 10. The largest absolute Gasteiger partial charge is 0.493 e. The SMILES string of the molecule is CCN[C@H](CO)Cc1ccc(OCCC2=C(C)OC(c3ccccc3)N2)cc1. The van der Waals surface area contributed by atoms with Crippen molar-refractivity contribution in [3.05, 3.63) is 77.2 Å². The van der Waals surface area contributed by atoms with Crippen LogP contribution in [0.25, 0.3) is 0 Å². The number of likely N-dealkylation sites (N-methyl/N-ethyl adjacent to an activating group) is 1. The fourth-order valence-electron chi connectivity index (χ4n) is 3.33. The first-order valence-electron chi connectivity index (χ1n) is 9.93. The molecule has 5 heteroatoms. The summed E-state index contributed by atoms with van der Waals surface area (Å²) in [4.78, 5) is 0.